The second-order valence-corrected chi connectivity index (χ2v) is 2.54. The van der Waals surface area contributed by atoms with E-state index in [9.17, 15) is 0 Å². The highest BCUT2D eigenvalue weighted by Crippen LogP contribution is 2.12. The molecule has 2 rings (SSSR count). The maximum atomic E-state index is 8.74. The van der Waals surface area contributed by atoms with Gasteiger partial charge in [-0.25, -0.2) is 4.98 Å². The van der Waals surface area contributed by atoms with Crippen molar-refractivity contribution in [3.63, 3.8) is 0 Å². The molecule has 0 radical (unpaired) electrons. The highest BCUT2D eigenvalue weighted by molar-refractivity contribution is 5.74. The van der Waals surface area contributed by atoms with Crippen LogP contribution in [0, 0.1) is 0 Å². The molecular weight excluding hydrogens is 154 g/mol. The first-order valence-electron chi connectivity index (χ1n) is 3.79. The number of nitrogens with one attached hydrogen (secondary N) is 1. The van der Waals surface area contributed by atoms with Gasteiger partial charge in [-0.3, -0.25) is 4.98 Å². The Balaban J connectivity index is 2.55. The van der Waals surface area contributed by atoms with E-state index in [2.05, 4.69) is 15.0 Å². The standard InChI is InChI=1S/C8H9N3O/c12-4-1-6-5-11-8-7(6)9-2-3-10-8/h2-3,5,12H,1,4H2,(H,10,11). The third-order valence-corrected chi connectivity index (χ3v) is 1.77. The molecule has 2 aromatic heterocycles. The maximum Gasteiger partial charge on any atom is 0.156 e. The molecule has 12 heavy (non-hydrogen) atoms. The zero-order valence-corrected chi connectivity index (χ0v) is 6.49. The molecule has 0 saturated heterocycles. The van der Waals surface area contributed by atoms with Crippen LogP contribution in [-0.2, 0) is 6.42 Å². The van der Waals surface area contributed by atoms with Gasteiger partial charge in [-0.05, 0) is 12.0 Å². The lowest BCUT2D eigenvalue weighted by Crippen LogP contribution is -1.89. The smallest absolute Gasteiger partial charge is 0.156 e. The molecule has 0 spiro atoms. The number of aliphatic hydroxyl groups is 1. The Kier molecular flexibility index (Phi) is 1.75. The summed E-state index contributed by atoms with van der Waals surface area (Å²) >= 11 is 0. The molecule has 2 heterocycles. The molecule has 62 valence electrons. The molecule has 0 aliphatic heterocycles. The molecule has 0 amide bonds. The van der Waals surface area contributed by atoms with Crippen molar-refractivity contribution in [3.05, 3.63) is 24.2 Å². The summed E-state index contributed by atoms with van der Waals surface area (Å²) in [6.07, 6.45) is 5.75. The van der Waals surface area contributed by atoms with Crippen molar-refractivity contribution in [2.24, 2.45) is 0 Å². The van der Waals surface area contributed by atoms with Crippen molar-refractivity contribution in [1.82, 2.24) is 15.0 Å². The molecule has 0 aromatic carbocycles. The van der Waals surface area contributed by atoms with Gasteiger partial charge < -0.3 is 10.1 Å². The molecule has 0 unspecified atom stereocenters. The van der Waals surface area contributed by atoms with E-state index < -0.39 is 0 Å². The number of rotatable bonds is 2. The van der Waals surface area contributed by atoms with E-state index in [1.54, 1.807) is 12.4 Å². The number of hydrogen-bond acceptors (Lipinski definition) is 3. The minimum Gasteiger partial charge on any atom is -0.396 e. The van der Waals surface area contributed by atoms with Gasteiger partial charge in [-0.1, -0.05) is 0 Å². The lowest BCUT2D eigenvalue weighted by Gasteiger charge is -1.91. The Morgan fingerprint density at radius 1 is 1.33 bits per heavy atom. The zero-order valence-electron chi connectivity index (χ0n) is 6.49. The fourth-order valence-electron chi connectivity index (χ4n) is 1.21. The normalized spacial score (nSPS) is 10.8. The summed E-state index contributed by atoms with van der Waals surface area (Å²) in [5, 5.41) is 8.74. The van der Waals surface area contributed by atoms with Gasteiger partial charge in [0, 0.05) is 25.2 Å². The highest BCUT2D eigenvalue weighted by atomic mass is 16.2. The number of fused-ring (bicyclic) bond motifs is 1. The Labute approximate surface area is 69.3 Å². The Morgan fingerprint density at radius 2 is 2.17 bits per heavy atom. The first kappa shape index (κ1) is 7.24. The number of nitrogens with zero attached hydrogens (tertiary/aromatic N) is 2. The van der Waals surface area contributed by atoms with Crippen LogP contribution in [0.25, 0.3) is 11.2 Å². The average molecular weight is 163 g/mol. The van der Waals surface area contributed by atoms with Crippen LogP contribution < -0.4 is 0 Å². The fourth-order valence-corrected chi connectivity index (χ4v) is 1.21. The maximum absolute atomic E-state index is 8.74. The summed E-state index contributed by atoms with van der Waals surface area (Å²) in [6.45, 7) is 0.142. The van der Waals surface area contributed by atoms with Crippen LogP contribution >= 0.6 is 0 Å². The Morgan fingerprint density at radius 3 is 3.00 bits per heavy atom. The summed E-state index contributed by atoms with van der Waals surface area (Å²) in [7, 11) is 0. The molecule has 0 saturated carbocycles. The minimum atomic E-state index is 0.142. The number of aliphatic hydroxyl groups excluding tert-OH is 1. The Bertz CT molecular complexity index is 382. The molecule has 0 atom stereocenters. The topological polar surface area (TPSA) is 61.8 Å². The van der Waals surface area contributed by atoms with Crippen LogP contribution in [0.4, 0.5) is 0 Å². The van der Waals surface area contributed by atoms with Crippen molar-refractivity contribution < 1.29 is 5.11 Å². The minimum absolute atomic E-state index is 0.142. The highest BCUT2D eigenvalue weighted by Gasteiger charge is 2.03. The van der Waals surface area contributed by atoms with Crippen molar-refractivity contribution in [3.8, 4) is 0 Å². The van der Waals surface area contributed by atoms with Gasteiger partial charge in [0.1, 0.15) is 5.52 Å². The first-order valence-corrected chi connectivity index (χ1v) is 3.79. The molecule has 0 aliphatic carbocycles. The third kappa shape index (κ3) is 1.06. The Hall–Kier alpha value is -1.42. The van der Waals surface area contributed by atoms with Gasteiger partial charge in [0.05, 0.1) is 0 Å². The van der Waals surface area contributed by atoms with Gasteiger partial charge >= 0.3 is 0 Å². The van der Waals surface area contributed by atoms with Crippen LogP contribution in [0.15, 0.2) is 18.6 Å². The largest absolute Gasteiger partial charge is 0.396 e. The van der Waals surface area contributed by atoms with Crippen LogP contribution in [0.2, 0.25) is 0 Å². The monoisotopic (exact) mass is 163 g/mol. The third-order valence-electron chi connectivity index (χ3n) is 1.77. The van der Waals surface area contributed by atoms with Crippen LogP contribution in [0.1, 0.15) is 5.56 Å². The van der Waals surface area contributed by atoms with E-state index in [4.69, 9.17) is 5.11 Å². The van der Waals surface area contributed by atoms with Crippen LogP contribution in [0.5, 0.6) is 0 Å². The van der Waals surface area contributed by atoms with Crippen LogP contribution in [0.3, 0.4) is 0 Å². The lowest BCUT2D eigenvalue weighted by molar-refractivity contribution is 0.300. The predicted molar refractivity (Wildman–Crippen MR) is 44.7 cm³/mol. The summed E-state index contributed by atoms with van der Waals surface area (Å²) in [5.74, 6) is 0. The number of aromatic amines is 1. The molecule has 0 bridgehead atoms. The van der Waals surface area contributed by atoms with Gasteiger partial charge in [0.15, 0.2) is 5.65 Å². The van der Waals surface area contributed by atoms with Gasteiger partial charge in [-0.15, -0.1) is 0 Å². The molecule has 4 nitrogen and oxygen atoms in total. The molecule has 0 aliphatic rings. The van der Waals surface area contributed by atoms with E-state index in [0.29, 0.717) is 6.42 Å². The van der Waals surface area contributed by atoms with E-state index in [-0.39, 0.29) is 6.61 Å². The van der Waals surface area contributed by atoms with E-state index in [1.165, 1.54) is 0 Å². The van der Waals surface area contributed by atoms with E-state index >= 15 is 0 Å². The van der Waals surface area contributed by atoms with Crippen LogP contribution in [-0.4, -0.2) is 26.7 Å². The molecule has 2 N–H and O–H groups in total. The molecule has 2 aromatic rings. The second-order valence-electron chi connectivity index (χ2n) is 2.54. The second kappa shape index (κ2) is 2.91. The van der Waals surface area contributed by atoms with E-state index in [1.807, 2.05) is 6.20 Å². The van der Waals surface area contributed by atoms with Crippen molar-refractivity contribution in [1.29, 1.82) is 0 Å². The molecule has 0 fully saturated rings. The SMILES string of the molecule is OCCc1c[nH]c2nccnc12. The predicted octanol–water partition coefficient (Wildman–Crippen LogP) is 0.493. The van der Waals surface area contributed by atoms with Crippen molar-refractivity contribution in [2.45, 2.75) is 6.42 Å². The van der Waals surface area contributed by atoms with Gasteiger partial charge in [-0.2, -0.15) is 0 Å². The number of H-pyrrole nitrogens is 1. The van der Waals surface area contributed by atoms with Gasteiger partial charge in [0.2, 0.25) is 0 Å². The van der Waals surface area contributed by atoms with Gasteiger partial charge in [0.25, 0.3) is 0 Å². The first-order chi connectivity index (χ1) is 5.92. The summed E-state index contributed by atoms with van der Waals surface area (Å²) in [4.78, 5) is 11.2. The zero-order chi connectivity index (χ0) is 8.39. The number of hydrogen-bond donors (Lipinski definition) is 2. The quantitative estimate of drug-likeness (QED) is 0.677. The summed E-state index contributed by atoms with van der Waals surface area (Å²) in [6, 6.07) is 0. The lowest BCUT2D eigenvalue weighted by atomic mass is 10.2. The van der Waals surface area contributed by atoms with Crippen molar-refractivity contribution >= 4 is 11.2 Å². The van der Waals surface area contributed by atoms with E-state index in [0.717, 1.165) is 16.7 Å². The molecular formula is C8H9N3O. The average Bonchev–Trinajstić information content (AvgIpc) is 2.50. The van der Waals surface area contributed by atoms with Crippen molar-refractivity contribution in [2.75, 3.05) is 6.61 Å². The number of aromatic nitrogens is 3. The fraction of sp³-hybridized carbons (Fsp3) is 0.250. The summed E-state index contributed by atoms with van der Waals surface area (Å²) in [5.41, 5.74) is 2.65. The molecule has 4 heteroatoms. The summed E-state index contributed by atoms with van der Waals surface area (Å²) < 4.78 is 0.